The van der Waals surface area contributed by atoms with Gasteiger partial charge in [0.2, 0.25) is 15.9 Å². The van der Waals surface area contributed by atoms with Crippen molar-refractivity contribution in [1.29, 1.82) is 0 Å². The maximum atomic E-state index is 13.3. The Morgan fingerprint density at radius 2 is 1.52 bits per heavy atom. The lowest BCUT2D eigenvalue weighted by atomic mass is 10.2. The molecule has 0 aliphatic rings. The Balaban J connectivity index is 2.37. The van der Waals surface area contributed by atoms with Crippen LogP contribution in [0.4, 0.5) is 0 Å². The van der Waals surface area contributed by atoms with E-state index in [0.717, 1.165) is 5.56 Å². The number of hydrogen-bond acceptors (Lipinski definition) is 3. The van der Waals surface area contributed by atoms with Gasteiger partial charge in [0, 0.05) is 48.2 Å². The topological polar surface area (TPSA) is 57.7 Å². The molecular weight excluding hydrogens is 431 g/mol. The van der Waals surface area contributed by atoms with E-state index in [9.17, 15) is 13.2 Å². The van der Waals surface area contributed by atoms with Crippen molar-refractivity contribution >= 4 is 39.1 Å². The van der Waals surface area contributed by atoms with E-state index in [2.05, 4.69) is 0 Å². The molecule has 2 aromatic carbocycles. The average molecular weight is 457 g/mol. The number of hydrogen-bond donors (Lipinski definition) is 0. The molecule has 0 aromatic heterocycles. The summed E-state index contributed by atoms with van der Waals surface area (Å²) in [6, 6.07) is 11.7. The molecule has 0 aliphatic carbocycles. The zero-order valence-electron chi connectivity index (χ0n) is 16.9. The second-order valence-corrected chi connectivity index (χ2v) is 9.42. The van der Waals surface area contributed by atoms with Crippen molar-refractivity contribution in [3.8, 4) is 0 Å². The standard InChI is InChI=1S/C21H26Cl2N2O3S/c1-4-24(5-2)21(26)13-14-25(15-18-19(22)7-6-8-20(18)23)29(27,28)17-11-9-16(3)10-12-17/h6-12H,4-5,13-15H2,1-3H3. The quantitative estimate of drug-likeness (QED) is 0.546. The number of carbonyl (C=O) groups is 1. The summed E-state index contributed by atoms with van der Waals surface area (Å²) in [5.74, 6) is -0.0932. The molecule has 29 heavy (non-hydrogen) atoms. The molecule has 0 fully saturated rings. The van der Waals surface area contributed by atoms with Gasteiger partial charge in [0.15, 0.2) is 0 Å². The molecule has 0 bridgehead atoms. The Kier molecular flexibility index (Phi) is 8.52. The zero-order chi connectivity index (χ0) is 21.6. The van der Waals surface area contributed by atoms with Crippen LogP contribution in [0, 0.1) is 6.92 Å². The number of sulfonamides is 1. The van der Waals surface area contributed by atoms with Crippen molar-refractivity contribution in [3.05, 3.63) is 63.6 Å². The highest BCUT2D eigenvalue weighted by Gasteiger charge is 2.27. The molecule has 0 N–H and O–H groups in total. The molecule has 0 aliphatic heterocycles. The fourth-order valence-electron chi connectivity index (χ4n) is 2.96. The van der Waals surface area contributed by atoms with Crippen LogP contribution in [-0.4, -0.2) is 43.2 Å². The second-order valence-electron chi connectivity index (χ2n) is 6.67. The van der Waals surface area contributed by atoms with Crippen LogP contribution in [0.1, 0.15) is 31.4 Å². The van der Waals surface area contributed by atoms with Crippen molar-refractivity contribution in [3.63, 3.8) is 0 Å². The number of aryl methyl sites for hydroxylation is 1. The second kappa shape index (κ2) is 10.4. The highest BCUT2D eigenvalue weighted by molar-refractivity contribution is 7.89. The van der Waals surface area contributed by atoms with E-state index in [-0.39, 0.29) is 30.3 Å². The average Bonchev–Trinajstić information content (AvgIpc) is 2.68. The number of nitrogens with zero attached hydrogens (tertiary/aromatic N) is 2. The van der Waals surface area contributed by atoms with Crippen LogP contribution >= 0.6 is 23.2 Å². The lowest BCUT2D eigenvalue weighted by Gasteiger charge is -2.25. The summed E-state index contributed by atoms with van der Waals surface area (Å²) in [5, 5.41) is 0.772. The maximum Gasteiger partial charge on any atom is 0.243 e. The summed E-state index contributed by atoms with van der Waals surface area (Å²) in [6.07, 6.45) is 0.0782. The summed E-state index contributed by atoms with van der Waals surface area (Å²) >= 11 is 12.5. The van der Waals surface area contributed by atoms with Crippen molar-refractivity contribution in [1.82, 2.24) is 9.21 Å². The SMILES string of the molecule is CCN(CC)C(=O)CCN(Cc1c(Cl)cccc1Cl)S(=O)(=O)c1ccc(C)cc1. The summed E-state index contributed by atoms with van der Waals surface area (Å²) in [6.45, 7) is 6.86. The molecule has 0 saturated carbocycles. The third kappa shape index (κ3) is 5.95. The van der Waals surface area contributed by atoms with Gasteiger partial charge >= 0.3 is 0 Å². The summed E-state index contributed by atoms with van der Waals surface area (Å²) < 4.78 is 27.9. The lowest BCUT2D eigenvalue weighted by Crippen LogP contribution is -2.37. The van der Waals surface area contributed by atoms with Crippen LogP contribution in [0.25, 0.3) is 0 Å². The molecule has 0 radical (unpaired) electrons. The summed E-state index contributed by atoms with van der Waals surface area (Å²) in [5.41, 5.74) is 1.48. The van der Waals surface area contributed by atoms with Gasteiger partial charge in [0.25, 0.3) is 0 Å². The van der Waals surface area contributed by atoms with Crippen molar-refractivity contribution in [2.24, 2.45) is 0 Å². The Morgan fingerprint density at radius 3 is 2.03 bits per heavy atom. The van der Waals surface area contributed by atoms with Crippen LogP contribution in [0.3, 0.4) is 0 Å². The van der Waals surface area contributed by atoms with Gasteiger partial charge < -0.3 is 4.90 Å². The number of benzene rings is 2. The largest absolute Gasteiger partial charge is 0.343 e. The number of halogens is 2. The minimum Gasteiger partial charge on any atom is -0.343 e. The van der Waals surface area contributed by atoms with E-state index in [1.807, 2.05) is 20.8 Å². The van der Waals surface area contributed by atoms with E-state index in [0.29, 0.717) is 28.7 Å². The van der Waals surface area contributed by atoms with Crippen LogP contribution in [0.15, 0.2) is 47.4 Å². The maximum absolute atomic E-state index is 13.3. The van der Waals surface area contributed by atoms with Gasteiger partial charge in [0.1, 0.15) is 0 Å². The number of amides is 1. The molecule has 5 nitrogen and oxygen atoms in total. The van der Waals surface area contributed by atoms with Crippen LogP contribution in [0.2, 0.25) is 10.0 Å². The summed E-state index contributed by atoms with van der Waals surface area (Å²) in [7, 11) is -3.84. The van der Waals surface area contributed by atoms with Gasteiger partial charge in [-0.2, -0.15) is 4.31 Å². The normalized spacial score (nSPS) is 11.7. The molecule has 0 unspecified atom stereocenters. The molecule has 158 valence electrons. The number of carbonyl (C=O) groups excluding carboxylic acids is 1. The minimum absolute atomic E-state index is 0.0136. The first kappa shape index (κ1) is 23.7. The Labute approximate surface area is 183 Å². The van der Waals surface area contributed by atoms with Crippen molar-refractivity contribution in [2.45, 2.75) is 38.6 Å². The molecule has 8 heteroatoms. The third-order valence-corrected chi connectivity index (χ3v) is 7.31. The van der Waals surface area contributed by atoms with Gasteiger partial charge in [-0.1, -0.05) is 47.0 Å². The Morgan fingerprint density at radius 1 is 0.966 bits per heavy atom. The highest BCUT2D eigenvalue weighted by atomic mass is 35.5. The monoisotopic (exact) mass is 456 g/mol. The predicted molar refractivity (Wildman–Crippen MR) is 118 cm³/mol. The fraction of sp³-hybridized carbons (Fsp3) is 0.381. The van der Waals surface area contributed by atoms with Gasteiger partial charge in [-0.25, -0.2) is 8.42 Å². The van der Waals surface area contributed by atoms with Gasteiger partial charge in [-0.05, 0) is 45.0 Å². The number of rotatable bonds is 9. The molecule has 2 aromatic rings. The zero-order valence-corrected chi connectivity index (χ0v) is 19.2. The fourth-order valence-corrected chi connectivity index (χ4v) is 4.88. The van der Waals surface area contributed by atoms with E-state index >= 15 is 0 Å². The predicted octanol–water partition coefficient (Wildman–Crippen LogP) is 4.75. The van der Waals surface area contributed by atoms with Crippen molar-refractivity contribution in [2.75, 3.05) is 19.6 Å². The van der Waals surface area contributed by atoms with Gasteiger partial charge in [0.05, 0.1) is 4.90 Å². The molecule has 0 spiro atoms. The molecule has 0 saturated heterocycles. The smallest absolute Gasteiger partial charge is 0.243 e. The first-order valence-electron chi connectivity index (χ1n) is 9.48. The van der Waals surface area contributed by atoms with E-state index in [1.54, 1.807) is 47.4 Å². The third-order valence-electron chi connectivity index (χ3n) is 4.75. The molecule has 2 rings (SSSR count). The molecule has 0 atom stereocenters. The molecule has 1 amide bonds. The molecular formula is C21H26Cl2N2O3S. The van der Waals surface area contributed by atoms with Gasteiger partial charge in [-0.3, -0.25) is 4.79 Å². The first-order valence-corrected chi connectivity index (χ1v) is 11.7. The van der Waals surface area contributed by atoms with Gasteiger partial charge in [-0.15, -0.1) is 0 Å². The Hall–Kier alpha value is -1.60. The van der Waals surface area contributed by atoms with Crippen LogP contribution < -0.4 is 0 Å². The van der Waals surface area contributed by atoms with Crippen LogP contribution in [0.5, 0.6) is 0 Å². The van der Waals surface area contributed by atoms with E-state index < -0.39 is 10.0 Å². The Bertz CT molecular complexity index is 923. The van der Waals surface area contributed by atoms with Crippen molar-refractivity contribution < 1.29 is 13.2 Å². The first-order chi connectivity index (χ1) is 13.7. The van der Waals surface area contributed by atoms with E-state index in [1.165, 1.54) is 4.31 Å². The van der Waals surface area contributed by atoms with E-state index in [4.69, 9.17) is 23.2 Å². The minimum atomic E-state index is -3.84. The molecule has 0 heterocycles. The summed E-state index contributed by atoms with van der Waals surface area (Å²) in [4.78, 5) is 14.3. The highest BCUT2D eigenvalue weighted by Crippen LogP contribution is 2.28. The van der Waals surface area contributed by atoms with Crippen LogP contribution in [-0.2, 0) is 21.4 Å². The lowest BCUT2D eigenvalue weighted by molar-refractivity contribution is -0.130.